The predicted molar refractivity (Wildman–Crippen MR) is 69.9 cm³/mol. The normalized spacial score (nSPS) is 10.3. The summed E-state index contributed by atoms with van der Waals surface area (Å²) in [6.45, 7) is 1.94. The molecule has 2 aromatic rings. The van der Waals surface area contributed by atoms with Crippen LogP contribution in [0, 0.1) is 6.92 Å². The van der Waals surface area contributed by atoms with E-state index >= 15 is 0 Å². The SMILES string of the molecule is Cc1ccc(Cl)c(Oc2nc(Cl)ccc2N)c1. The molecule has 0 radical (unpaired) electrons. The standard InChI is InChI=1S/C12H10Cl2N2O/c1-7-2-3-8(13)10(6-7)17-12-9(15)4-5-11(14)16-12/h2-6H,15H2,1H3. The molecule has 0 amide bonds. The van der Waals surface area contributed by atoms with Crippen LogP contribution in [0.4, 0.5) is 5.69 Å². The maximum Gasteiger partial charge on any atom is 0.244 e. The minimum Gasteiger partial charge on any atom is -0.435 e. The van der Waals surface area contributed by atoms with Crippen molar-refractivity contribution < 1.29 is 4.74 Å². The second kappa shape index (κ2) is 4.82. The molecule has 0 bridgehead atoms. The number of ether oxygens (including phenoxy) is 1. The van der Waals surface area contributed by atoms with Crippen molar-refractivity contribution in [2.45, 2.75) is 6.92 Å². The first-order valence-corrected chi connectivity index (χ1v) is 5.68. The van der Waals surface area contributed by atoms with Crippen molar-refractivity contribution in [2.75, 3.05) is 5.73 Å². The number of halogens is 2. The summed E-state index contributed by atoms with van der Waals surface area (Å²) in [4.78, 5) is 4.00. The molecule has 0 atom stereocenters. The van der Waals surface area contributed by atoms with Crippen molar-refractivity contribution in [3.05, 3.63) is 46.1 Å². The van der Waals surface area contributed by atoms with Gasteiger partial charge in [-0.25, -0.2) is 0 Å². The van der Waals surface area contributed by atoms with Gasteiger partial charge in [-0.05, 0) is 36.8 Å². The lowest BCUT2D eigenvalue weighted by molar-refractivity contribution is 0.465. The topological polar surface area (TPSA) is 48.1 Å². The quantitative estimate of drug-likeness (QED) is 0.836. The first-order chi connectivity index (χ1) is 8.06. The summed E-state index contributed by atoms with van der Waals surface area (Å²) >= 11 is 11.8. The maximum atomic E-state index is 6.01. The zero-order valence-electron chi connectivity index (χ0n) is 9.08. The molecule has 88 valence electrons. The lowest BCUT2D eigenvalue weighted by Gasteiger charge is -2.09. The highest BCUT2D eigenvalue weighted by Crippen LogP contribution is 2.32. The van der Waals surface area contributed by atoms with Gasteiger partial charge in [-0.2, -0.15) is 4.98 Å². The second-order valence-electron chi connectivity index (χ2n) is 3.56. The fourth-order valence-corrected chi connectivity index (χ4v) is 1.60. The third-order valence-electron chi connectivity index (χ3n) is 2.15. The molecule has 0 fully saturated rings. The Morgan fingerprint density at radius 2 is 1.94 bits per heavy atom. The number of nitrogen functional groups attached to an aromatic ring is 1. The van der Waals surface area contributed by atoms with Gasteiger partial charge >= 0.3 is 0 Å². The third-order valence-corrected chi connectivity index (χ3v) is 2.67. The minimum absolute atomic E-state index is 0.255. The van der Waals surface area contributed by atoms with Crippen molar-refractivity contribution >= 4 is 28.9 Å². The minimum atomic E-state index is 0.255. The van der Waals surface area contributed by atoms with Crippen LogP contribution in [-0.4, -0.2) is 4.98 Å². The molecule has 1 heterocycles. The van der Waals surface area contributed by atoms with Crippen LogP contribution in [0.25, 0.3) is 0 Å². The zero-order chi connectivity index (χ0) is 12.4. The largest absolute Gasteiger partial charge is 0.435 e. The molecule has 1 aromatic heterocycles. The summed E-state index contributed by atoms with van der Waals surface area (Å²) in [5.74, 6) is 0.762. The second-order valence-corrected chi connectivity index (χ2v) is 4.36. The molecular formula is C12H10Cl2N2O. The van der Waals surface area contributed by atoms with Crippen LogP contribution in [-0.2, 0) is 0 Å². The third kappa shape index (κ3) is 2.81. The highest BCUT2D eigenvalue weighted by atomic mass is 35.5. The highest BCUT2D eigenvalue weighted by Gasteiger charge is 2.08. The van der Waals surface area contributed by atoms with Gasteiger partial charge in [-0.15, -0.1) is 0 Å². The first-order valence-electron chi connectivity index (χ1n) is 4.92. The van der Waals surface area contributed by atoms with Crippen LogP contribution < -0.4 is 10.5 Å². The van der Waals surface area contributed by atoms with E-state index in [0.717, 1.165) is 5.56 Å². The Hall–Kier alpha value is -1.45. The number of aryl methyl sites for hydroxylation is 1. The highest BCUT2D eigenvalue weighted by molar-refractivity contribution is 6.32. The number of hydrogen-bond donors (Lipinski definition) is 1. The van der Waals surface area contributed by atoms with E-state index in [1.54, 1.807) is 18.2 Å². The Kier molecular flexibility index (Phi) is 3.41. The van der Waals surface area contributed by atoms with E-state index < -0.39 is 0 Å². The van der Waals surface area contributed by atoms with Gasteiger partial charge in [0.05, 0.1) is 10.7 Å². The van der Waals surface area contributed by atoms with Crippen molar-refractivity contribution in [1.29, 1.82) is 0 Å². The van der Waals surface area contributed by atoms with E-state index in [9.17, 15) is 0 Å². The molecule has 0 saturated heterocycles. The van der Waals surface area contributed by atoms with Crippen LogP contribution in [0.5, 0.6) is 11.6 Å². The van der Waals surface area contributed by atoms with E-state index in [0.29, 0.717) is 21.6 Å². The van der Waals surface area contributed by atoms with Gasteiger partial charge in [0.25, 0.3) is 0 Å². The van der Waals surface area contributed by atoms with Crippen molar-refractivity contribution in [1.82, 2.24) is 4.98 Å². The summed E-state index contributed by atoms with van der Waals surface area (Å²) in [6, 6.07) is 8.69. The molecule has 0 aliphatic rings. The molecule has 0 saturated carbocycles. The lowest BCUT2D eigenvalue weighted by Crippen LogP contribution is -1.95. The lowest BCUT2D eigenvalue weighted by atomic mass is 10.2. The Labute approximate surface area is 109 Å². The molecule has 0 aliphatic heterocycles. The van der Waals surface area contributed by atoms with Crippen LogP contribution >= 0.6 is 23.2 Å². The van der Waals surface area contributed by atoms with Crippen LogP contribution in [0.2, 0.25) is 10.2 Å². The van der Waals surface area contributed by atoms with Gasteiger partial charge in [-0.1, -0.05) is 29.3 Å². The molecule has 0 aliphatic carbocycles. The van der Waals surface area contributed by atoms with E-state index in [1.165, 1.54) is 0 Å². The van der Waals surface area contributed by atoms with Crippen molar-refractivity contribution in [2.24, 2.45) is 0 Å². The van der Waals surface area contributed by atoms with Crippen molar-refractivity contribution in [3.63, 3.8) is 0 Å². The van der Waals surface area contributed by atoms with Gasteiger partial charge in [0.15, 0.2) is 0 Å². The number of rotatable bonds is 2. The monoisotopic (exact) mass is 268 g/mol. The number of anilines is 1. The smallest absolute Gasteiger partial charge is 0.244 e. The summed E-state index contributed by atoms with van der Waals surface area (Å²) in [6.07, 6.45) is 0. The Bertz CT molecular complexity index is 509. The number of aromatic nitrogens is 1. The molecule has 2 N–H and O–H groups in total. The first kappa shape index (κ1) is 12.0. The van der Waals surface area contributed by atoms with Crippen molar-refractivity contribution in [3.8, 4) is 11.6 Å². The number of pyridine rings is 1. The van der Waals surface area contributed by atoms with Crippen LogP contribution in [0.15, 0.2) is 30.3 Å². The van der Waals surface area contributed by atoms with Gasteiger partial charge in [0, 0.05) is 0 Å². The molecule has 3 nitrogen and oxygen atoms in total. The average molecular weight is 269 g/mol. The maximum absolute atomic E-state index is 6.01. The van der Waals surface area contributed by atoms with E-state index in [4.69, 9.17) is 33.7 Å². The summed E-state index contributed by atoms with van der Waals surface area (Å²) in [5, 5.41) is 0.815. The fraction of sp³-hybridized carbons (Fsp3) is 0.0833. The predicted octanol–water partition coefficient (Wildman–Crippen LogP) is 4.07. The number of nitrogens with two attached hydrogens (primary N) is 1. The zero-order valence-corrected chi connectivity index (χ0v) is 10.6. The molecular weight excluding hydrogens is 259 g/mol. The number of nitrogens with zero attached hydrogens (tertiary/aromatic N) is 1. The van der Waals surface area contributed by atoms with E-state index in [1.807, 2.05) is 19.1 Å². The average Bonchev–Trinajstić information content (AvgIpc) is 2.28. The van der Waals surface area contributed by atoms with Gasteiger partial charge in [-0.3, -0.25) is 0 Å². The Balaban J connectivity index is 2.37. The summed E-state index contributed by atoms with van der Waals surface area (Å²) in [7, 11) is 0. The number of hydrogen-bond acceptors (Lipinski definition) is 3. The fourth-order valence-electron chi connectivity index (χ4n) is 1.30. The molecule has 2 rings (SSSR count). The molecule has 0 unspecified atom stereocenters. The van der Waals surface area contributed by atoms with E-state index in [2.05, 4.69) is 4.98 Å². The summed E-state index contributed by atoms with van der Waals surface area (Å²) in [5.41, 5.74) is 7.18. The van der Waals surface area contributed by atoms with Crippen LogP contribution in [0.1, 0.15) is 5.56 Å². The molecule has 1 aromatic carbocycles. The summed E-state index contributed by atoms with van der Waals surface area (Å²) < 4.78 is 5.55. The molecule has 5 heteroatoms. The van der Waals surface area contributed by atoms with Gasteiger partial charge in [0.2, 0.25) is 5.88 Å². The van der Waals surface area contributed by atoms with Gasteiger partial charge in [0.1, 0.15) is 10.9 Å². The molecule has 17 heavy (non-hydrogen) atoms. The Morgan fingerprint density at radius 3 is 2.71 bits per heavy atom. The molecule has 0 spiro atoms. The van der Waals surface area contributed by atoms with Gasteiger partial charge < -0.3 is 10.5 Å². The van der Waals surface area contributed by atoms with Crippen LogP contribution in [0.3, 0.4) is 0 Å². The Morgan fingerprint density at radius 1 is 1.18 bits per heavy atom. The van der Waals surface area contributed by atoms with E-state index in [-0.39, 0.29) is 5.88 Å². The number of benzene rings is 1.